The highest BCUT2D eigenvalue weighted by Crippen LogP contribution is 2.50. The molecule has 4 aromatic rings. The summed E-state index contributed by atoms with van der Waals surface area (Å²) in [5.74, 6) is 0.745. The first-order chi connectivity index (χ1) is 16.4. The van der Waals surface area contributed by atoms with Crippen molar-refractivity contribution in [3.05, 3.63) is 68.9 Å². The molecule has 0 N–H and O–H groups in total. The molecule has 2 fully saturated rings. The summed E-state index contributed by atoms with van der Waals surface area (Å²) in [6.45, 7) is 3.30. The highest BCUT2D eigenvalue weighted by Gasteiger charge is 2.53. The zero-order valence-electron chi connectivity index (χ0n) is 18.9. The van der Waals surface area contributed by atoms with Gasteiger partial charge in [0.1, 0.15) is 12.1 Å². The predicted octanol–water partition coefficient (Wildman–Crippen LogP) is 4.36. The second kappa shape index (κ2) is 8.26. The second-order valence-electron chi connectivity index (χ2n) is 9.77. The number of pyridine rings is 2. The molecule has 0 atom stereocenters. The van der Waals surface area contributed by atoms with Crippen LogP contribution in [-0.2, 0) is 13.5 Å². The minimum Gasteiger partial charge on any atom is -0.490 e. The van der Waals surface area contributed by atoms with Gasteiger partial charge in [0, 0.05) is 43.3 Å². The van der Waals surface area contributed by atoms with Crippen LogP contribution in [0.3, 0.4) is 0 Å². The molecule has 3 aromatic heterocycles. The summed E-state index contributed by atoms with van der Waals surface area (Å²) in [7, 11) is 1.73. The number of ether oxygens (including phenoxy) is 1. The Kier molecular flexibility index (Phi) is 5.32. The Bertz CT molecular complexity index is 1450. The lowest BCUT2D eigenvalue weighted by atomic mass is 9.61. The molecule has 9 heteroatoms. The van der Waals surface area contributed by atoms with Crippen molar-refractivity contribution in [2.45, 2.75) is 31.8 Å². The fourth-order valence-corrected chi connectivity index (χ4v) is 6.05. The summed E-state index contributed by atoms with van der Waals surface area (Å²) in [5.41, 5.74) is 2.23. The fourth-order valence-electron chi connectivity index (χ4n) is 5.55. The van der Waals surface area contributed by atoms with Crippen LogP contribution in [0.15, 0.2) is 47.8 Å². The van der Waals surface area contributed by atoms with Crippen molar-refractivity contribution < 1.29 is 4.74 Å². The summed E-state index contributed by atoms with van der Waals surface area (Å²) in [4.78, 5) is 15.0. The Labute approximate surface area is 206 Å². The van der Waals surface area contributed by atoms with E-state index in [1.165, 1.54) is 0 Å². The molecule has 2 aliphatic rings. The Morgan fingerprint density at radius 2 is 2.00 bits per heavy atom. The summed E-state index contributed by atoms with van der Waals surface area (Å²) in [6.07, 6.45) is 9.58. The standard InChI is InChI=1S/C25H25Cl2N5O2/c1-30-8-6-18-21(5-4-19(26)23(18)24(30)33)34-17-10-25(11-17)13-31(14-25)7-2-3-16-9-22-29-28-15-32(22)12-20(16)27/h4-6,8-9,12,15,17H,2-3,7,10-11,13-14H2,1H3. The van der Waals surface area contributed by atoms with E-state index in [1.807, 2.05) is 28.8 Å². The third-order valence-corrected chi connectivity index (χ3v) is 7.93. The molecule has 34 heavy (non-hydrogen) atoms. The van der Waals surface area contributed by atoms with E-state index in [4.69, 9.17) is 27.9 Å². The number of aromatic nitrogens is 4. The molecule has 0 amide bonds. The molecule has 176 valence electrons. The Balaban J connectivity index is 1.01. The Morgan fingerprint density at radius 1 is 1.18 bits per heavy atom. The van der Waals surface area contributed by atoms with E-state index in [-0.39, 0.29) is 11.7 Å². The number of likely N-dealkylation sites (tertiary alicyclic amines) is 1. The molecule has 1 aliphatic heterocycles. The van der Waals surface area contributed by atoms with Gasteiger partial charge in [-0.25, -0.2) is 0 Å². The zero-order valence-corrected chi connectivity index (χ0v) is 20.4. The minimum absolute atomic E-state index is 0.102. The van der Waals surface area contributed by atoms with Gasteiger partial charge in [0.2, 0.25) is 0 Å². The van der Waals surface area contributed by atoms with Crippen molar-refractivity contribution in [3.63, 3.8) is 0 Å². The first-order valence-electron chi connectivity index (χ1n) is 11.6. The van der Waals surface area contributed by atoms with Crippen LogP contribution in [-0.4, -0.2) is 49.8 Å². The van der Waals surface area contributed by atoms with Crippen LogP contribution < -0.4 is 10.3 Å². The van der Waals surface area contributed by atoms with Crippen LogP contribution in [0.2, 0.25) is 10.0 Å². The van der Waals surface area contributed by atoms with E-state index in [0.717, 1.165) is 72.7 Å². The number of rotatable bonds is 6. The number of benzene rings is 1. The van der Waals surface area contributed by atoms with Gasteiger partial charge in [-0.3, -0.25) is 9.20 Å². The van der Waals surface area contributed by atoms with Crippen LogP contribution in [0.4, 0.5) is 0 Å². The third-order valence-electron chi connectivity index (χ3n) is 7.27. The topological polar surface area (TPSA) is 64.7 Å². The maximum absolute atomic E-state index is 12.5. The molecular formula is C25H25Cl2N5O2. The van der Waals surface area contributed by atoms with Crippen LogP contribution in [0.1, 0.15) is 24.8 Å². The number of hydrogen-bond donors (Lipinski definition) is 0. The molecule has 4 heterocycles. The SMILES string of the molecule is Cn1ccc2c(OC3CC4(C3)CN(CCCc3cc5nncn5cc3Cl)C4)ccc(Cl)c2c1=O. The molecule has 0 radical (unpaired) electrons. The van der Waals surface area contributed by atoms with Crippen molar-refractivity contribution >= 4 is 39.6 Å². The van der Waals surface area contributed by atoms with Gasteiger partial charge in [0.15, 0.2) is 5.65 Å². The second-order valence-corrected chi connectivity index (χ2v) is 10.6. The van der Waals surface area contributed by atoms with Gasteiger partial charge in [-0.1, -0.05) is 23.2 Å². The van der Waals surface area contributed by atoms with E-state index in [1.54, 1.807) is 30.2 Å². The Hall–Kier alpha value is -2.61. The van der Waals surface area contributed by atoms with Gasteiger partial charge >= 0.3 is 0 Å². The predicted molar refractivity (Wildman–Crippen MR) is 133 cm³/mol. The molecule has 7 nitrogen and oxygen atoms in total. The minimum atomic E-state index is -0.102. The monoisotopic (exact) mass is 497 g/mol. The zero-order chi connectivity index (χ0) is 23.4. The van der Waals surface area contributed by atoms with Crippen molar-refractivity contribution in [1.82, 2.24) is 24.1 Å². The van der Waals surface area contributed by atoms with Gasteiger partial charge < -0.3 is 14.2 Å². The maximum atomic E-state index is 12.5. The summed E-state index contributed by atoms with van der Waals surface area (Å²) >= 11 is 12.7. The first-order valence-corrected chi connectivity index (χ1v) is 12.3. The molecule has 1 saturated carbocycles. The van der Waals surface area contributed by atoms with Crippen LogP contribution in [0.25, 0.3) is 16.4 Å². The van der Waals surface area contributed by atoms with Crippen molar-refractivity contribution in [1.29, 1.82) is 0 Å². The first kappa shape index (κ1) is 21.9. The van der Waals surface area contributed by atoms with E-state index >= 15 is 0 Å². The molecule has 1 spiro atoms. The lowest BCUT2D eigenvalue weighted by Gasteiger charge is -2.58. The largest absolute Gasteiger partial charge is 0.490 e. The summed E-state index contributed by atoms with van der Waals surface area (Å²) in [6, 6.07) is 7.57. The number of nitrogens with zero attached hydrogens (tertiary/aromatic N) is 5. The number of hydrogen-bond acceptors (Lipinski definition) is 5. The van der Waals surface area contributed by atoms with E-state index < -0.39 is 0 Å². The van der Waals surface area contributed by atoms with E-state index in [2.05, 4.69) is 15.1 Å². The number of halogens is 2. The quantitative estimate of drug-likeness (QED) is 0.395. The molecule has 1 saturated heterocycles. The van der Waals surface area contributed by atoms with Crippen LogP contribution in [0, 0.1) is 5.41 Å². The molecule has 1 aromatic carbocycles. The number of fused-ring (bicyclic) bond motifs is 2. The molecule has 1 aliphatic carbocycles. The van der Waals surface area contributed by atoms with E-state index in [0.29, 0.717) is 15.8 Å². The molecule has 0 unspecified atom stereocenters. The molecule has 6 rings (SSSR count). The lowest BCUT2D eigenvalue weighted by molar-refractivity contribution is -0.118. The highest BCUT2D eigenvalue weighted by atomic mass is 35.5. The van der Waals surface area contributed by atoms with Crippen LogP contribution >= 0.6 is 23.2 Å². The van der Waals surface area contributed by atoms with E-state index in [9.17, 15) is 4.79 Å². The van der Waals surface area contributed by atoms with Crippen molar-refractivity contribution in [2.75, 3.05) is 19.6 Å². The van der Waals surface area contributed by atoms with Gasteiger partial charge in [-0.2, -0.15) is 0 Å². The highest BCUT2D eigenvalue weighted by molar-refractivity contribution is 6.35. The lowest BCUT2D eigenvalue weighted by Crippen LogP contribution is -2.64. The van der Waals surface area contributed by atoms with Gasteiger partial charge in [0.05, 0.1) is 21.5 Å². The number of aryl methyl sites for hydroxylation is 2. The third kappa shape index (κ3) is 3.76. The average molecular weight is 498 g/mol. The van der Waals surface area contributed by atoms with Crippen LogP contribution in [0.5, 0.6) is 5.75 Å². The van der Waals surface area contributed by atoms with Gasteiger partial charge in [-0.05, 0) is 62.1 Å². The summed E-state index contributed by atoms with van der Waals surface area (Å²) in [5, 5.41) is 10.6. The summed E-state index contributed by atoms with van der Waals surface area (Å²) < 4.78 is 9.69. The molecular weight excluding hydrogens is 473 g/mol. The maximum Gasteiger partial charge on any atom is 0.259 e. The fraction of sp³-hybridized carbons (Fsp3) is 0.400. The Morgan fingerprint density at radius 3 is 2.82 bits per heavy atom. The molecule has 0 bridgehead atoms. The normalized spacial score (nSPS) is 17.9. The van der Waals surface area contributed by atoms with Gasteiger partial charge in [-0.15, -0.1) is 10.2 Å². The average Bonchev–Trinajstić information content (AvgIpc) is 3.21. The van der Waals surface area contributed by atoms with Gasteiger partial charge in [0.25, 0.3) is 5.56 Å². The van der Waals surface area contributed by atoms with Crippen molar-refractivity contribution in [2.24, 2.45) is 12.5 Å². The smallest absolute Gasteiger partial charge is 0.259 e. The van der Waals surface area contributed by atoms with Crippen molar-refractivity contribution in [3.8, 4) is 5.75 Å².